The third kappa shape index (κ3) is 3.81. The molecule has 0 spiro atoms. The molecule has 1 amide bonds. The zero-order chi connectivity index (χ0) is 20.5. The predicted molar refractivity (Wildman–Crippen MR) is 111 cm³/mol. The van der Waals surface area contributed by atoms with Crippen LogP contribution in [0.4, 0.5) is 5.69 Å². The molecule has 2 aromatic carbocycles. The molecule has 0 fully saturated rings. The molecule has 1 atom stereocenters. The number of amides is 1. The number of benzene rings is 2. The molecule has 4 rings (SSSR count). The Morgan fingerprint density at radius 1 is 1.10 bits per heavy atom. The van der Waals surface area contributed by atoms with Crippen molar-refractivity contribution in [2.75, 3.05) is 12.4 Å². The lowest BCUT2D eigenvalue weighted by atomic mass is 10.2. The molecule has 0 aliphatic heterocycles. The Bertz CT molecular complexity index is 1320. The Hall–Kier alpha value is -3.72. The van der Waals surface area contributed by atoms with E-state index in [4.69, 9.17) is 0 Å². The van der Waals surface area contributed by atoms with Gasteiger partial charge in [-0.05, 0) is 44.3 Å². The second-order valence-corrected chi connectivity index (χ2v) is 6.95. The summed E-state index contributed by atoms with van der Waals surface area (Å²) in [5.74, 6) is 0.273. The van der Waals surface area contributed by atoms with Crippen molar-refractivity contribution in [1.29, 1.82) is 0 Å². The Morgan fingerprint density at radius 2 is 1.86 bits per heavy atom. The van der Waals surface area contributed by atoms with Crippen molar-refractivity contribution in [1.82, 2.24) is 24.8 Å². The third-order valence-corrected chi connectivity index (χ3v) is 4.89. The smallest absolute Gasteiger partial charge is 0.323 e. The van der Waals surface area contributed by atoms with Crippen LogP contribution >= 0.6 is 0 Å². The fourth-order valence-electron chi connectivity index (χ4n) is 3.14. The predicted octanol–water partition coefficient (Wildman–Crippen LogP) is 1.55. The molecular formula is C20H20N6O3. The van der Waals surface area contributed by atoms with Crippen molar-refractivity contribution in [3.8, 4) is 0 Å². The Kier molecular flexibility index (Phi) is 4.73. The molecular weight excluding hydrogens is 372 g/mol. The van der Waals surface area contributed by atoms with Gasteiger partial charge in [-0.2, -0.15) is 0 Å². The van der Waals surface area contributed by atoms with Gasteiger partial charge in [-0.3, -0.25) is 14.5 Å². The minimum Gasteiger partial charge on any atom is -0.325 e. The van der Waals surface area contributed by atoms with E-state index in [1.165, 1.54) is 0 Å². The first-order valence-corrected chi connectivity index (χ1v) is 9.12. The highest BCUT2D eigenvalue weighted by Gasteiger charge is 2.19. The number of rotatable bonds is 5. The molecule has 4 N–H and O–H groups in total. The number of fused-ring (bicyclic) bond motifs is 2. The van der Waals surface area contributed by atoms with Crippen molar-refractivity contribution >= 4 is 33.5 Å². The number of likely N-dealkylation sites (N-methyl/N-ethyl adjacent to an activating group) is 1. The monoisotopic (exact) mass is 392 g/mol. The number of carbonyl (C=O) groups excluding carboxylic acids is 1. The topological polar surface area (TPSA) is 127 Å². The summed E-state index contributed by atoms with van der Waals surface area (Å²) in [5.41, 5.74) is 1.98. The first kappa shape index (κ1) is 18.6. The Balaban J connectivity index is 1.47. The summed E-state index contributed by atoms with van der Waals surface area (Å²) in [5, 5.41) is 3.37. The van der Waals surface area contributed by atoms with Crippen molar-refractivity contribution < 1.29 is 4.79 Å². The lowest BCUT2D eigenvalue weighted by Gasteiger charge is -2.23. The van der Waals surface area contributed by atoms with Gasteiger partial charge in [0.25, 0.3) is 5.56 Å². The van der Waals surface area contributed by atoms with Gasteiger partial charge in [-0.25, -0.2) is 9.78 Å². The summed E-state index contributed by atoms with van der Waals surface area (Å²) in [6.07, 6.45) is 0. The van der Waals surface area contributed by atoms with Crippen molar-refractivity contribution in [2.45, 2.75) is 19.5 Å². The van der Waals surface area contributed by atoms with Gasteiger partial charge in [-0.1, -0.05) is 12.1 Å². The zero-order valence-corrected chi connectivity index (χ0v) is 15.9. The average Bonchev–Trinajstić information content (AvgIpc) is 3.06. The van der Waals surface area contributed by atoms with Crippen LogP contribution in [0.15, 0.2) is 52.1 Å². The van der Waals surface area contributed by atoms with E-state index in [9.17, 15) is 14.4 Å². The number of nitrogens with zero attached hydrogens (tertiary/aromatic N) is 2. The average molecular weight is 392 g/mol. The first-order chi connectivity index (χ1) is 13.9. The second kappa shape index (κ2) is 7.36. The lowest BCUT2D eigenvalue weighted by Crippen LogP contribution is -2.39. The molecule has 0 bridgehead atoms. The number of nitrogens with one attached hydrogen (secondary N) is 4. The number of aromatic amines is 3. The van der Waals surface area contributed by atoms with Crippen LogP contribution in [0.2, 0.25) is 0 Å². The number of H-pyrrole nitrogens is 3. The summed E-state index contributed by atoms with van der Waals surface area (Å²) in [6.45, 7) is 2.07. The molecule has 0 aliphatic rings. The van der Waals surface area contributed by atoms with Crippen LogP contribution in [-0.4, -0.2) is 43.8 Å². The summed E-state index contributed by atoms with van der Waals surface area (Å²) in [4.78, 5) is 50.6. The molecule has 0 saturated carbocycles. The van der Waals surface area contributed by atoms with Crippen LogP contribution in [-0.2, 0) is 11.3 Å². The van der Waals surface area contributed by atoms with Gasteiger partial charge in [-0.15, -0.1) is 0 Å². The third-order valence-electron chi connectivity index (χ3n) is 4.89. The van der Waals surface area contributed by atoms with Crippen molar-refractivity contribution in [3.05, 3.63) is 69.1 Å². The van der Waals surface area contributed by atoms with E-state index >= 15 is 0 Å². The summed E-state index contributed by atoms with van der Waals surface area (Å²) < 4.78 is 0. The van der Waals surface area contributed by atoms with Gasteiger partial charge in [0.15, 0.2) is 0 Å². The Labute approximate surface area is 164 Å². The van der Waals surface area contributed by atoms with Crippen LogP contribution in [0.1, 0.15) is 12.7 Å². The minimum absolute atomic E-state index is 0.204. The van der Waals surface area contributed by atoms with Crippen molar-refractivity contribution in [3.63, 3.8) is 0 Å². The van der Waals surface area contributed by atoms with Crippen LogP contribution in [0.25, 0.3) is 21.9 Å². The van der Waals surface area contributed by atoms with Gasteiger partial charge in [0.2, 0.25) is 5.91 Å². The van der Waals surface area contributed by atoms with Crippen LogP contribution in [0.5, 0.6) is 0 Å². The number of carbonyl (C=O) groups is 1. The maximum atomic E-state index is 12.6. The molecule has 29 heavy (non-hydrogen) atoms. The van der Waals surface area contributed by atoms with E-state index in [-0.39, 0.29) is 17.2 Å². The fourth-order valence-corrected chi connectivity index (χ4v) is 3.14. The van der Waals surface area contributed by atoms with Gasteiger partial charge >= 0.3 is 5.69 Å². The molecule has 9 nitrogen and oxygen atoms in total. The summed E-state index contributed by atoms with van der Waals surface area (Å²) >= 11 is 0. The number of hydrogen-bond donors (Lipinski definition) is 4. The number of para-hydroxylation sites is 1. The Morgan fingerprint density at radius 3 is 2.69 bits per heavy atom. The van der Waals surface area contributed by atoms with E-state index in [2.05, 4.69) is 25.3 Å². The number of aromatic nitrogens is 4. The number of hydrogen-bond acceptors (Lipinski definition) is 5. The summed E-state index contributed by atoms with van der Waals surface area (Å²) in [7, 11) is 1.78. The largest absolute Gasteiger partial charge is 0.325 e. The maximum absolute atomic E-state index is 12.6. The molecule has 2 aromatic heterocycles. The highest BCUT2D eigenvalue weighted by atomic mass is 16.2. The molecule has 9 heteroatoms. The minimum atomic E-state index is -0.479. The first-order valence-electron chi connectivity index (χ1n) is 9.12. The van der Waals surface area contributed by atoms with Crippen LogP contribution in [0.3, 0.4) is 0 Å². The SMILES string of the molecule is C[C@H](C(=O)Nc1ccc2[nH]c(=O)[nH]c2c1)N(C)Cc1nc2ccccc2c(=O)[nH]1. The van der Waals surface area contributed by atoms with Gasteiger partial charge in [0.05, 0.1) is 34.5 Å². The lowest BCUT2D eigenvalue weighted by molar-refractivity contribution is -0.120. The molecule has 0 aliphatic carbocycles. The van der Waals surface area contributed by atoms with E-state index in [0.29, 0.717) is 40.0 Å². The molecule has 148 valence electrons. The molecule has 2 heterocycles. The summed E-state index contributed by atoms with van der Waals surface area (Å²) in [6, 6.07) is 11.8. The van der Waals surface area contributed by atoms with Crippen LogP contribution < -0.4 is 16.6 Å². The van der Waals surface area contributed by atoms with Gasteiger partial charge in [0.1, 0.15) is 5.82 Å². The van der Waals surface area contributed by atoms with Gasteiger partial charge < -0.3 is 20.3 Å². The van der Waals surface area contributed by atoms with E-state index in [1.807, 2.05) is 6.07 Å². The van der Waals surface area contributed by atoms with E-state index in [0.717, 1.165) is 0 Å². The number of anilines is 1. The van der Waals surface area contributed by atoms with E-state index in [1.54, 1.807) is 55.3 Å². The fraction of sp³-hybridized carbons (Fsp3) is 0.200. The zero-order valence-electron chi connectivity index (χ0n) is 15.9. The second-order valence-electron chi connectivity index (χ2n) is 6.95. The molecule has 0 saturated heterocycles. The molecule has 4 aromatic rings. The number of imidazole rings is 1. The standard InChI is InChI=1S/C20H20N6O3/c1-11(18(27)21-12-7-8-15-16(9-12)24-20(29)23-15)26(2)10-17-22-14-6-4-3-5-13(14)19(28)25-17/h3-9,11H,10H2,1-2H3,(H,21,27)(H,22,25,28)(H2,23,24,29)/t11-/m1/s1. The van der Waals surface area contributed by atoms with Crippen molar-refractivity contribution in [2.24, 2.45) is 0 Å². The maximum Gasteiger partial charge on any atom is 0.323 e. The molecule has 0 unspecified atom stereocenters. The highest BCUT2D eigenvalue weighted by Crippen LogP contribution is 2.15. The van der Waals surface area contributed by atoms with Gasteiger partial charge in [0, 0.05) is 5.69 Å². The quantitative estimate of drug-likeness (QED) is 0.410. The highest BCUT2D eigenvalue weighted by molar-refractivity contribution is 5.96. The normalized spacial score (nSPS) is 12.5. The van der Waals surface area contributed by atoms with Crippen LogP contribution in [0, 0.1) is 0 Å². The molecule has 0 radical (unpaired) electrons. The van der Waals surface area contributed by atoms with E-state index < -0.39 is 6.04 Å².